The summed E-state index contributed by atoms with van der Waals surface area (Å²) < 4.78 is -1.14. The smallest absolute Gasteiger partial charge is 0.247 e. The van der Waals surface area contributed by atoms with Crippen LogP contribution < -0.4 is 0 Å². The van der Waals surface area contributed by atoms with Crippen LogP contribution in [0.1, 0.15) is 38.7 Å². The minimum Gasteiger partial charge on any atom is -0.394 e. The Morgan fingerprint density at radius 1 is 1.19 bits per heavy atom. The second-order valence-corrected chi connectivity index (χ2v) is 12.6. The van der Waals surface area contributed by atoms with Gasteiger partial charge in [-0.1, -0.05) is 49.4 Å². The van der Waals surface area contributed by atoms with Crippen LogP contribution in [-0.4, -0.2) is 85.8 Å². The Balaban J connectivity index is 1.79. The highest BCUT2D eigenvalue weighted by Crippen LogP contribution is 2.71. The Kier molecular flexibility index (Phi) is 7.91. The molecule has 4 rings (SSSR count). The average Bonchev–Trinajstić information content (AvgIpc) is 3.45. The van der Waals surface area contributed by atoms with E-state index in [1.54, 1.807) is 45.7 Å². The maximum atomic E-state index is 14.5. The van der Waals surface area contributed by atoms with E-state index in [-0.39, 0.29) is 24.3 Å². The van der Waals surface area contributed by atoms with Gasteiger partial charge in [0.25, 0.3) is 0 Å². The molecular weight excluding hydrogens is 486 g/mol. The van der Waals surface area contributed by atoms with E-state index in [2.05, 4.69) is 20.1 Å². The fourth-order valence-electron chi connectivity index (χ4n) is 6.71. The fourth-order valence-corrected chi connectivity index (χ4v) is 9.04. The lowest BCUT2D eigenvalue weighted by molar-refractivity contribution is -0.147. The van der Waals surface area contributed by atoms with Crippen LogP contribution in [0, 0.1) is 11.8 Å². The zero-order valence-electron chi connectivity index (χ0n) is 22.1. The predicted molar refractivity (Wildman–Crippen MR) is 147 cm³/mol. The Morgan fingerprint density at radius 2 is 1.86 bits per heavy atom. The molecule has 0 radical (unpaired) electrons. The molecule has 1 aromatic carbocycles. The molecule has 3 aliphatic heterocycles. The van der Waals surface area contributed by atoms with Gasteiger partial charge in [-0.05, 0) is 31.7 Å². The van der Waals surface area contributed by atoms with E-state index >= 15 is 0 Å². The molecule has 2 bridgehead atoms. The van der Waals surface area contributed by atoms with Crippen molar-refractivity contribution in [3.05, 3.63) is 61.2 Å². The molecule has 2 unspecified atom stereocenters. The Bertz CT molecular complexity index is 1060. The third-order valence-electron chi connectivity index (χ3n) is 8.45. The molecule has 1 N–H and O–H groups in total. The number of aliphatic hydroxyl groups excluding tert-OH is 1. The maximum Gasteiger partial charge on any atom is 0.247 e. The number of carbonyl (C=O) groups is 3. The van der Waals surface area contributed by atoms with E-state index < -0.39 is 33.4 Å². The van der Waals surface area contributed by atoms with Crippen molar-refractivity contribution in [1.29, 1.82) is 0 Å². The van der Waals surface area contributed by atoms with Crippen molar-refractivity contribution in [1.82, 2.24) is 14.7 Å². The van der Waals surface area contributed by atoms with E-state index in [0.717, 1.165) is 12.0 Å². The normalized spacial score (nSPS) is 30.6. The molecular formula is C29H39N3O4S. The molecule has 200 valence electrons. The summed E-state index contributed by atoms with van der Waals surface area (Å²) in [7, 11) is 1.74. The fraction of sp³-hybridized carbons (Fsp3) is 0.552. The molecule has 3 heterocycles. The Labute approximate surface area is 224 Å². The lowest BCUT2D eigenvalue weighted by atomic mass is 9.66. The van der Waals surface area contributed by atoms with Crippen LogP contribution in [0.25, 0.3) is 0 Å². The van der Waals surface area contributed by atoms with Gasteiger partial charge < -0.3 is 19.8 Å². The Hall–Kier alpha value is -2.58. The summed E-state index contributed by atoms with van der Waals surface area (Å²) in [5.41, 5.74) is 0.992. The molecule has 1 spiro atoms. The first kappa shape index (κ1) is 27.5. The summed E-state index contributed by atoms with van der Waals surface area (Å²) >= 11 is 1.66. The molecule has 3 saturated heterocycles. The van der Waals surface area contributed by atoms with Crippen molar-refractivity contribution in [2.75, 3.05) is 26.7 Å². The molecule has 0 aromatic heterocycles. The molecule has 3 aliphatic rings. The zero-order chi connectivity index (χ0) is 27.0. The summed E-state index contributed by atoms with van der Waals surface area (Å²) in [5.74, 6) is -1.53. The van der Waals surface area contributed by atoms with E-state index in [1.165, 1.54) is 0 Å². The summed E-state index contributed by atoms with van der Waals surface area (Å²) in [4.78, 5) is 47.4. The van der Waals surface area contributed by atoms with Gasteiger partial charge in [-0.3, -0.25) is 14.4 Å². The van der Waals surface area contributed by atoms with Gasteiger partial charge in [0, 0.05) is 31.4 Å². The number of aliphatic hydroxyl groups is 1. The molecule has 6 atom stereocenters. The number of hydrogen-bond acceptors (Lipinski definition) is 5. The van der Waals surface area contributed by atoms with Gasteiger partial charge in [-0.15, -0.1) is 24.9 Å². The quantitative estimate of drug-likeness (QED) is 0.449. The number of fused-ring (bicyclic) bond motifs is 1. The summed E-state index contributed by atoms with van der Waals surface area (Å²) in [6.07, 6.45) is 5.35. The van der Waals surface area contributed by atoms with Gasteiger partial charge in [0.1, 0.15) is 6.04 Å². The number of likely N-dealkylation sites (tertiary alicyclic amines) is 1. The van der Waals surface area contributed by atoms with Gasteiger partial charge in [-0.25, -0.2) is 0 Å². The van der Waals surface area contributed by atoms with Crippen molar-refractivity contribution in [3.8, 4) is 0 Å². The van der Waals surface area contributed by atoms with Crippen LogP contribution in [0.4, 0.5) is 0 Å². The van der Waals surface area contributed by atoms with Crippen LogP contribution >= 0.6 is 11.8 Å². The molecule has 37 heavy (non-hydrogen) atoms. The summed E-state index contributed by atoms with van der Waals surface area (Å²) in [6, 6.07) is 8.54. The molecule has 8 heteroatoms. The number of hydrogen-bond donors (Lipinski definition) is 1. The predicted octanol–water partition coefficient (Wildman–Crippen LogP) is 3.10. The lowest BCUT2D eigenvalue weighted by Crippen LogP contribution is -2.57. The standard InChI is InChI=1S/C29H39N3O4S/c1-6-16-30(5)25(34)22-23-26(35)32(21(8-3)19-33)24(29(23)15-14-28(22,4)37-29)27(36)31(17-7-2)18-20-12-10-9-11-13-20/h6-7,9-13,21-24,33H,1-2,8,14-19H2,3-5H3/t21-,22-,23-,24?,28+,29?/m0/s1. The summed E-state index contributed by atoms with van der Waals surface area (Å²) in [6.45, 7) is 12.5. The van der Waals surface area contributed by atoms with Gasteiger partial charge in [0.15, 0.2) is 0 Å². The monoisotopic (exact) mass is 525 g/mol. The third kappa shape index (κ3) is 4.42. The average molecular weight is 526 g/mol. The van der Waals surface area contributed by atoms with Crippen LogP contribution in [-0.2, 0) is 20.9 Å². The van der Waals surface area contributed by atoms with Crippen molar-refractivity contribution < 1.29 is 19.5 Å². The van der Waals surface area contributed by atoms with Crippen molar-refractivity contribution in [2.45, 2.75) is 61.2 Å². The molecule has 7 nitrogen and oxygen atoms in total. The topological polar surface area (TPSA) is 81.2 Å². The number of nitrogens with zero attached hydrogens (tertiary/aromatic N) is 3. The first-order valence-electron chi connectivity index (χ1n) is 13.1. The minimum atomic E-state index is -0.750. The second-order valence-electron chi connectivity index (χ2n) is 10.7. The molecule has 3 amide bonds. The van der Waals surface area contributed by atoms with Crippen molar-refractivity contribution in [2.24, 2.45) is 11.8 Å². The first-order chi connectivity index (χ1) is 17.7. The SMILES string of the molecule is C=CCN(C)C(=O)[C@@H]1[C@H]2C(=O)N([C@@H](CC)CO)C(C(=O)N(CC=C)Cc3ccccc3)C23CC[C@@]1(C)S3. The Morgan fingerprint density at radius 3 is 2.46 bits per heavy atom. The first-order valence-corrected chi connectivity index (χ1v) is 13.9. The van der Waals surface area contributed by atoms with Crippen LogP contribution in [0.3, 0.4) is 0 Å². The van der Waals surface area contributed by atoms with Crippen LogP contribution in [0.2, 0.25) is 0 Å². The van der Waals surface area contributed by atoms with Gasteiger partial charge in [0.2, 0.25) is 17.7 Å². The van der Waals surface area contributed by atoms with Crippen molar-refractivity contribution >= 4 is 29.5 Å². The highest BCUT2D eigenvalue weighted by Gasteiger charge is 2.77. The highest BCUT2D eigenvalue weighted by atomic mass is 32.2. The van der Waals surface area contributed by atoms with E-state index in [1.807, 2.05) is 37.3 Å². The van der Waals surface area contributed by atoms with Gasteiger partial charge in [0.05, 0.1) is 29.2 Å². The zero-order valence-corrected chi connectivity index (χ0v) is 23.0. The number of benzene rings is 1. The number of rotatable bonds is 11. The van der Waals surface area contributed by atoms with Gasteiger partial charge in [-0.2, -0.15) is 0 Å². The highest BCUT2D eigenvalue weighted by molar-refractivity contribution is 8.02. The van der Waals surface area contributed by atoms with Crippen molar-refractivity contribution in [3.63, 3.8) is 0 Å². The molecule has 0 aliphatic carbocycles. The summed E-state index contributed by atoms with van der Waals surface area (Å²) in [5, 5.41) is 10.3. The molecule has 3 fully saturated rings. The second kappa shape index (κ2) is 10.7. The van der Waals surface area contributed by atoms with Gasteiger partial charge >= 0.3 is 0 Å². The number of likely N-dealkylation sites (N-methyl/N-ethyl adjacent to an activating group) is 1. The number of thioether (sulfide) groups is 1. The van der Waals surface area contributed by atoms with Crippen LogP contribution in [0.15, 0.2) is 55.6 Å². The molecule has 0 saturated carbocycles. The maximum absolute atomic E-state index is 14.5. The number of carbonyl (C=O) groups excluding carboxylic acids is 3. The lowest BCUT2D eigenvalue weighted by Gasteiger charge is -2.39. The van der Waals surface area contributed by atoms with Crippen LogP contribution in [0.5, 0.6) is 0 Å². The largest absolute Gasteiger partial charge is 0.394 e. The number of amides is 3. The third-order valence-corrected chi connectivity index (χ3v) is 10.4. The van der Waals surface area contributed by atoms with E-state index in [9.17, 15) is 19.5 Å². The van der Waals surface area contributed by atoms with E-state index in [4.69, 9.17) is 0 Å². The minimum absolute atomic E-state index is 0.0767. The molecule has 1 aromatic rings. The van der Waals surface area contributed by atoms with E-state index in [0.29, 0.717) is 32.5 Å².